The third-order valence-electron chi connectivity index (χ3n) is 3.99. The third-order valence-corrected chi connectivity index (χ3v) is 5.70. The molecule has 0 atom stereocenters. The predicted octanol–water partition coefficient (Wildman–Crippen LogP) is 5.17. The zero-order chi connectivity index (χ0) is 10.3. The minimum atomic E-state index is 1.02. The van der Waals surface area contributed by atoms with Crippen LogP contribution in [0, 0.1) is 0 Å². The summed E-state index contributed by atoms with van der Waals surface area (Å²) in [5.74, 6) is 0. The van der Waals surface area contributed by atoms with Crippen molar-refractivity contribution < 1.29 is 0 Å². The van der Waals surface area contributed by atoms with Crippen LogP contribution >= 0.6 is 11.8 Å². The highest BCUT2D eigenvalue weighted by Gasteiger charge is 2.19. The minimum absolute atomic E-state index is 1.02. The van der Waals surface area contributed by atoms with Crippen molar-refractivity contribution in [3.8, 4) is 0 Å². The lowest BCUT2D eigenvalue weighted by molar-refractivity contribution is 0.684. The first-order valence-electron chi connectivity index (χ1n) is 7.10. The molecule has 0 heterocycles. The second kappa shape index (κ2) is 6.83. The molecule has 2 aliphatic rings. The largest absolute Gasteiger partial charge is 0.155 e. The van der Waals surface area contributed by atoms with Gasteiger partial charge in [-0.1, -0.05) is 51.4 Å². The summed E-state index contributed by atoms with van der Waals surface area (Å²) in [6, 6.07) is 0. The summed E-state index contributed by atoms with van der Waals surface area (Å²) in [6.45, 7) is 0. The standard InChI is InChI=1S/C14H26S/c1-2-6-10-13(9-5-1)15-14-11-7-3-4-8-12-14/h13-14H,1-12H2. The van der Waals surface area contributed by atoms with E-state index in [-0.39, 0.29) is 0 Å². The van der Waals surface area contributed by atoms with Gasteiger partial charge >= 0.3 is 0 Å². The summed E-state index contributed by atoms with van der Waals surface area (Å²) >= 11 is 2.37. The lowest BCUT2D eigenvalue weighted by Gasteiger charge is -2.20. The van der Waals surface area contributed by atoms with E-state index in [2.05, 4.69) is 11.8 Å². The van der Waals surface area contributed by atoms with Crippen molar-refractivity contribution in [2.24, 2.45) is 0 Å². The van der Waals surface area contributed by atoms with Crippen molar-refractivity contribution in [1.82, 2.24) is 0 Å². The normalized spacial score (nSPS) is 27.2. The van der Waals surface area contributed by atoms with E-state index >= 15 is 0 Å². The maximum absolute atomic E-state index is 2.37. The van der Waals surface area contributed by atoms with E-state index in [1.165, 1.54) is 77.0 Å². The SMILES string of the molecule is C1CCCC(SC2CCCCCC2)CC1. The molecule has 2 saturated carbocycles. The highest BCUT2D eigenvalue weighted by molar-refractivity contribution is 8.00. The molecule has 2 fully saturated rings. The quantitative estimate of drug-likeness (QED) is 0.586. The average molecular weight is 226 g/mol. The predicted molar refractivity (Wildman–Crippen MR) is 70.6 cm³/mol. The molecule has 2 aliphatic carbocycles. The summed E-state index contributed by atoms with van der Waals surface area (Å²) in [5, 5.41) is 2.05. The van der Waals surface area contributed by atoms with Gasteiger partial charge in [-0.3, -0.25) is 0 Å². The van der Waals surface area contributed by atoms with Gasteiger partial charge in [0, 0.05) is 10.5 Å². The topological polar surface area (TPSA) is 0 Å². The molecule has 0 aromatic carbocycles. The lowest BCUT2D eigenvalue weighted by atomic mass is 10.2. The second-order valence-corrected chi connectivity index (χ2v) is 6.97. The van der Waals surface area contributed by atoms with Gasteiger partial charge in [-0.25, -0.2) is 0 Å². The van der Waals surface area contributed by atoms with Crippen LogP contribution in [0.5, 0.6) is 0 Å². The number of thioether (sulfide) groups is 1. The number of hydrogen-bond donors (Lipinski definition) is 0. The second-order valence-electron chi connectivity index (χ2n) is 5.36. The fourth-order valence-electron chi connectivity index (χ4n) is 3.03. The highest BCUT2D eigenvalue weighted by Crippen LogP contribution is 2.35. The molecule has 0 N–H and O–H groups in total. The van der Waals surface area contributed by atoms with Gasteiger partial charge in [0.05, 0.1) is 0 Å². The molecule has 0 spiro atoms. The average Bonchev–Trinajstić information content (AvgIpc) is 2.63. The smallest absolute Gasteiger partial charge is 0.00498 e. The molecule has 0 nitrogen and oxygen atoms in total. The lowest BCUT2D eigenvalue weighted by Crippen LogP contribution is -2.09. The van der Waals surface area contributed by atoms with E-state index < -0.39 is 0 Å². The number of hydrogen-bond acceptors (Lipinski definition) is 1. The minimum Gasteiger partial charge on any atom is -0.155 e. The monoisotopic (exact) mass is 226 g/mol. The van der Waals surface area contributed by atoms with Crippen molar-refractivity contribution in [2.75, 3.05) is 0 Å². The molecule has 0 bridgehead atoms. The molecule has 0 amide bonds. The van der Waals surface area contributed by atoms with E-state index in [9.17, 15) is 0 Å². The van der Waals surface area contributed by atoms with Crippen LogP contribution in [-0.4, -0.2) is 10.5 Å². The van der Waals surface area contributed by atoms with E-state index in [4.69, 9.17) is 0 Å². The molecule has 0 unspecified atom stereocenters. The zero-order valence-corrected chi connectivity index (χ0v) is 10.9. The molecule has 0 aromatic rings. The van der Waals surface area contributed by atoms with Gasteiger partial charge in [-0.2, -0.15) is 11.8 Å². The van der Waals surface area contributed by atoms with Gasteiger partial charge in [0.1, 0.15) is 0 Å². The molecule has 0 saturated heterocycles. The van der Waals surface area contributed by atoms with Crippen molar-refractivity contribution in [3.63, 3.8) is 0 Å². The van der Waals surface area contributed by atoms with Crippen LogP contribution in [0.25, 0.3) is 0 Å². The van der Waals surface area contributed by atoms with Gasteiger partial charge in [0.25, 0.3) is 0 Å². The summed E-state index contributed by atoms with van der Waals surface area (Å²) in [5.41, 5.74) is 0. The first kappa shape index (κ1) is 11.8. The van der Waals surface area contributed by atoms with Crippen molar-refractivity contribution in [2.45, 2.75) is 87.5 Å². The van der Waals surface area contributed by atoms with E-state index in [0.29, 0.717) is 0 Å². The van der Waals surface area contributed by atoms with Crippen LogP contribution in [0.3, 0.4) is 0 Å². The van der Waals surface area contributed by atoms with Crippen molar-refractivity contribution >= 4 is 11.8 Å². The summed E-state index contributed by atoms with van der Waals surface area (Å²) in [4.78, 5) is 0. The van der Waals surface area contributed by atoms with Crippen LogP contribution in [0.15, 0.2) is 0 Å². The van der Waals surface area contributed by atoms with E-state index in [1.807, 2.05) is 0 Å². The van der Waals surface area contributed by atoms with Crippen LogP contribution in [0.1, 0.15) is 77.0 Å². The zero-order valence-electron chi connectivity index (χ0n) is 10.0. The molecule has 0 aliphatic heterocycles. The van der Waals surface area contributed by atoms with Crippen LogP contribution in [-0.2, 0) is 0 Å². The Bertz CT molecular complexity index is 133. The van der Waals surface area contributed by atoms with Crippen LogP contribution in [0.2, 0.25) is 0 Å². The third kappa shape index (κ3) is 4.38. The van der Waals surface area contributed by atoms with Gasteiger partial charge < -0.3 is 0 Å². The van der Waals surface area contributed by atoms with E-state index in [1.54, 1.807) is 0 Å². The molecule has 15 heavy (non-hydrogen) atoms. The maximum Gasteiger partial charge on any atom is 0.00498 e. The fraction of sp³-hybridized carbons (Fsp3) is 1.00. The molecule has 1 heteroatoms. The summed E-state index contributed by atoms with van der Waals surface area (Å²) in [7, 11) is 0. The van der Waals surface area contributed by atoms with Crippen LogP contribution in [0.4, 0.5) is 0 Å². The van der Waals surface area contributed by atoms with Crippen molar-refractivity contribution in [1.29, 1.82) is 0 Å². The van der Waals surface area contributed by atoms with Crippen LogP contribution < -0.4 is 0 Å². The van der Waals surface area contributed by atoms with Gasteiger partial charge in [-0.15, -0.1) is 0 Å². The first-order chi connectivity index (χ1) is 7.45. The van der Waals surface area contributed by atoms with Gasteiger partial charge in [0.2, 0.25) is 0 Å². The molecule has 0 radical (unpaired) electrons. The Morgan fingerprint density at radius 3 is 1.13 bits per heavy atom. The Hall–Kier alpha value is 0.350. The highest BCUT2D eigenvalue weighted by atomic mass is 32.2. The Balaban J connectivity index is 1.73. The molecule has 0 aromatic heterocycles. The number of rotatable bonds is 2. The van der Waals surface area contributed by atoms with Crippen molar-refractivity contribution in [3.05, 3.63) is 0 Å². The molecular weight excluding hydrogens is 200 g/mol. The first-order valence-corrected chi connectivity index (χ1v) is 8.05. The fourth-order valence-corrected chi connectivity index (χ4v) is 4.78. The maximum atomic E-state index is 2.37. The van der Waals surface area contributed by atoms with Gasteiger partial charge in [-0.05, 0) is 25.7 Å². The molecule has 88 valence electrons. The van der Waals surface area contributed by atoms with Gasteiger partial charge in [0.15, 0.2) is 0 Å². The van der Waals surface area contributed by atoms with E-state index in [0.717, 1.165) is 10.5 Å². The molecule has 2 rings (SSSR count). The Morgan fingerprint density at radius 2 is 0.800 bits per heavy atom. The Morgan fingerprint density at radius 1 is 0.467 bits per heavy atom. The Kier molecular flexibility index (Phi) is 5.38. The Labute approximate surface area is 99.6 Å². The summed E-state index contributed by atoms with van der Waals surface area (Å²) in [6.07, 6.45) is 18.1. The molecular formula is C14H26S. The summed E-state index contributed by atoms with van der Waals surface area (Å²) < 4.78 is 0.